The molecule has 2 rings (SSSR count). The quantitative estimate of drug-likeness (QED) is 0.774. The summed E-state index contributed by atoms with van der Waals surface area (Å²) in [5.74, 6) is 2.06. The number of ether oxygens (including phenoxy) is 1. The lowest BCUT2D eigenvalue weighted by Crippen LogP contribution is -2.15. The monoisotopic (exact) mass is 226 g/mol. The maximum Gasteiger partial charge on any atom is 0.123 e. The second-order valence-electron chi connectivity index (χ2n) is 2.95. The van der Waals surface area contributed by atoms with Gasteiger partial charge in [-0.05, 0) is 0 Å². The van der Waals surface area contributed by atoms with E-state index in [0.29, 0.717) is 6.42 Å². The van der Waals surface area contributed by atoms with Gasteiger partial charge < -0.3 is 4.74 Å². The maximum atomic E-state index is 8.52. The van der Waals surface area contributed by atoms with Crippen LogP contribution in [-0.4, -0.2) is 23.1 Å². The normalized spacial score (nSPS) is 21.8. The van der Waals surface area contributed by atoms with Crippen molar-refractivity contribution >= 4 is 23.1 Å². The highest BCUT2D eigenvalue weighted by atomic mass is 32.2. The molecule has 1 unspecified atom stereocenters. The van der Waals surface area contributed by atoms with Crippen molar-refractivity contribution in [1.29, 1.82) is 5.26 Å². The van der Waals surface area contributed by atoms with Crippen molar-refractivity contribution < 1.29 is 4.74 Å². The topological polar surface area (TPSA) is 45.9 Å². The molecule has 1 fully saturated rings. The fourth-order valence-corrected chi connectivity index (χ4v) is 3.08. The minimum Gasteiger partial charge on any atom is -0.369 e. The van der Waals surface area contributed by atoms with Crippen LogP contribution in [0.2, 0.25) is 0 Å². The molecule has 1 aliphatic heterocycles. The lowest BCUT2D eigenvalue weighted by molar-refractivity contribution is 0.0754. The van der Waals surface area contributed by atoms with Crippen molar-refractivity contribution in [2.45, 2.75) is 12.5 Å². The summed E-state index contributed by atoms with van der Waals surface area (Å²) < 4.78 is 5.60. The largest absolute Gasteiger partial charge is 0.369 e. The number of nitriles is 1. The van der Waals surface area contributed by atoms with Gasteiger partial charge in [-0.3, -0.25) is 0 Å². The van der Waals surface area contributed by atoms with Gasteiger partial charge in [0.15, 0.2) is 0 Å². The first-order valence-electron chi connectivity index (χ1n) is 4.41. The summed E-state index contributed by atoms with van der Waals surface area (Å²) >= 11 is 3.49. The summed E-state index contributed by atoms with van der Waals surface area (Å²) in [5.41, 5.74) is 0.867. The van der Waals surface area contributed by atoms with Crippen LogP contribution in [0.3, 0.4) is 0 Å². The SMILES string of the molecule is N#CCc1csc(C2CSCCO2)n1. The van der Waals surface area contributed by atoms with E-state index in [9.17, 15) is 0 Å². The van der Waals surface area contributed by atoms with E-state index in [1.54, 1.807) is 11.3 Å². The molecule has 1 aromatic heterocycles. The highest BCUT2D eigenvalue weighted by Gasteiger charge is 2.19. The molecule has 1 aliphatic rings. The van der Waals surface area contributed by atoms with Gasteiger partial charge in [-0.2, -0.15) is 17.0 Å². The number of thioether (sulfide) groups is 1. The van der Waals surface area contributed by atoms with Gasteiger partial charge in [-0.25, -0.2) is 4.98 Å². The maximum absolute atomic E-state index is 8.52. The van der Waals surface area contributed by atoms with Crippen LogP contribution in [0.25, 0.3) is 0 Å². The first-order valence-corrected chi connectivity index (χ1v) is 6.44. The summed E-state index contributed by atoms with van der Waals surface area (Å²) in [6.07, 6.45) is 0.544. The average molecular weight is 226 g/mol. The van der Waals surface area contributed by atoms with E-state index in [1.165, 1.54) is 0 Å². The van der Waals surface area contributed by atoms with Crippen molar-refractivity contribution in [3.63, 3.8) is 0 Å². The number of aromatic nitrogens is 1. The predicted molar refractivity (Wildman–Crippen MR) is 57.4 cm³/mol. The third kappa shape index (κ3) is 2.27. The first-order chi connectivity index (χ1) is 6.90. The Morgan fingerprint density at radius 1 is 1.71 bits per heavy atom. The van der Waals surface area contributed by atoms with Crippen molar-refractivity contribution in [3.05, 3.63) is 16.1 Å². The number of rotatable bonds is 2. The van der Waals surface area contributed by atoms with E-state index in [4.69, 9.17) is 10.00 Å². The average Bonchev–Trinajstić information content (AvgIpc) is 2.68. The fourth-order valence-electron chi connectivity index (χ4n) is 1.26. The third-order valence-electron chi connectivity index (χ3n) is 1.92. The molecule has 0 bridgehead atoms. The van der Waals surface area contributed by atoms with Crippen LogP contribution in [0.1, 0.15) is 16.8 Å². The van der Waals surface area contributed by atoms with E-state index in [0.717, 1.165) is 28.8 Å². The molecule has 3 nitrogen and oxygen atoms in total. The molecule has 1 saturated heterocycles. The smallest absolute Gasteiger partial charge is 0.123 e. The first kappa shape index (κ1) is 9.97. The molecule has 1 atom stereocenters. The van der Waals surface area contributed by atoms with E-state index in [-0.39, 0.29) is 6.10 Å². The molecule has 0 saturated carbocycles. The van der Waals surface area contributed by atoms with Gasteiger partial charge in [0.2, 0.25) is 0 Å². The van der Waals surface area contributed by atoms with Crippen LogP contribution in [0.15, 0.2) is 5.38 Å². The van der Waals surface area contributed by atoms with Crippen LogP contribution < -0.4 is 0 Å². The minimum absolute atomic E-state index is 0.145. The van der Waals surface area contributed by atoms with E-state index in [1.807, 2.05) is 17.1 Å². The molecule has 0 aliphatic carbocycles. The Kier molecular flexibility index (Phi) is 3.40. The standard InChI is InChI=1S/C9H10N2OS2/c10-2-1-7-5-14-9(11-7)8-6-13-4-3-12-8/h5,8H,1,3-4,6H2. The molecule has 0 spiro atoms. The third-order valence-corrected chi connectivity index (χ3v) is 3.90. The Bertz CT molecular complexity index is 339. The lowest BCUT2D eigenvalue weighted by Gasteiger charge is -2.19. The summed E-state index contributed by atoms with van der Waals surface area (Å²) in [6.45, 7) is 0.808. The van der Waals surface area contributed by atoms with Crippen LogP contribution >= 0.6 is 23.1 Å². The van der Waals surface area contributed by atoms with Gasteiger partial charge in [0, 0.05) is 16.9 Å². The van der Waals surface area contributed by atoms with Crippen molar-refractivity contribution in [2.24, 2.45) is 0 Å². The van der Waals surface area contributed by atoms with E-state index in [2.05, 4.69) is 11.1 Å². The molecule has 5 heteroatoms. The molecule has 14 heavy (non-hydrogen) atoms. The summed E-state index contributed by atoms with van der Waals surface area (Å²) in [4.78, 5) is 4.38. The second kappa shape index (κ2) is 4.78. The number of hydrogen-bond acceptors (Lipinski definition) is 5. The summed E-state index contributed by atoms with van der Waals surface area (Å²) in [6, 6.07) is 2.10. The molecule has 0 N–H and O–H groups in total. The van der Waals surface area contributed by atoms with Gasteiger partial charge in [-0.15, -0.1) is 11.3 Å². The Labute approximate surface area is 91.1 Å². The van der Waals surface area contributed by atoms with Gasteiger partial charge in [-0.1, -0.05) is 0 Å². The Hall–Kier alpha value is -0.570. The molecule has 1 aromatic rings. The molecule has 0 radical (unpaired) electrons. The van der Waals surface area contributed by atoms with Crippen LogP contribution in [-0.2, 0) is 11.2 Å². The van der Waals surface area contributed by atoms with Gasteiger partial charge in [0.25, 0.3) is 0 Å². The molecule has 0 aromatic carbocycles. The van der Waals surface area contributed by atoms with Gasteiger partial charge in [0.05, 0.1) is 24.8 Å². The molecule has 2 heterocycles. The zero-order valence-corrected chi connectivity index (χ0v) is 9.24. The zero-order valence-electron chi connectivity index (χ0n) is 7.60. The molecule has 74 valence electrons. The molecule has 0 amide bonds. The Morgan fingerprint density at radius 3 is 3.36 bits per heavy atom. The number of hydrogen-bond donors (Lipinski definition) is 0. The van der Waals surface area contributed by atoms with Crippen LogP contribution in [0.4, 0.5) is 0 Å². The predicted octanol–water partition coefficient (Wildman–Crippen LogP) is 2.01. The van der Waals surface area contributed by atoms with E-state index >= 15 is 0 Å². The van der Waals surface area contributed by atoms with E-state index < -0.39 is 0 Å². The molecular formula is C9H10N2OS2. The van der Waals surface area contributed by atoms with Crippen molar-refractivity contribution in [3.8, 4) is 6.07 Å². The minimum atomic E-state index is 0.145. The lowest BCUT2D eigenvalue weighted by atomic mass is 10.3. The van der Waals surface area contributed by atoms with Gasteiger partial charge >= 0.3 is 0 Å². The second-order valence-corrected chi connectivity index (χ2v) is 4.99. The van der Waals surface area contributed by atoms with Gasteiger partial charge in [0.1, 0.15) is 11.1 Å². The van der Waals surface area contributed by atoms with Crippen molar-refractivity contribution in [1.82, 2.24) is 4.98 Å². The van der Waals surface area contributed by atoms with Crippen molar-refractivity contribution in [2.75, 3.05) is 18.1 Å². The summed E-state index contributed by atoms with van der Waals surface area (Å²) in [7, 11) is 0. The summed E-state index contributed by atoms with van der Waals surface area (Å²) in [5, 5.41) is 11.5. The van der Waals surface area contributed by atoms with Crippen LogP contribution in [0, 0.1) is 11.3 Å². The molecular weight excluding hydrogens is 216 g/mol. The highest BCUT2D eigenvalue weighted by Crippen LogP contribution is 2.28. The number of nitrogens with zero attached hydrogens (tertiary/aromatic N) is 2. The Balaban J connectivity index is 2.04. The number of thiazole rings is 1. The zero-order chi connectivity index (χ0) is 9.80. The van der Waals surface area contributed by atoms with Crippen LogP contribution in [0.5, 0.6) is 0 Å². The fraction of sp³-hybridized carbons (Fsp3) is 0.556. The highest BCUT2D eigenvalue weighted by molar-refractivity contribution is 7.99. The Morgan fingerprint density at radius 2 is 2.64 bits per heavy atom.